The summed E-state index contributed by atoms with van der Waals surface area (Å²) in [4.78, 5) is 0. The zero-order valence-corrected chi connectivity index (χ0v) is 43.9. The Hall–Kier alpha value is -3.44. The van der Waals surface area contributed by atoms with Crippen molar-refractivity contribution in [1.29, 1.82) is 0 Å². The number of halogens is 8. The Morgan fingerprint density at radius 1 is 0.357 bits per heavy atom. The molecular weight excluding hydrogens is 1050 g/mol. The lowest BCUT2D eigenvalue weighted by atomic mass is 9.41. The van der Waals surface area contributed by atoms with E-state index in [1.807, 2.05) is 24.3 Å². The second-order valence-electron chi connectivity index (χ2n) is 20.7. The van der Waals surface area contributed by atoms with Crippen LogP contribution in [0.5, 0.6) is 46.5 Å². The highest BCUT2D eigenvalue weighted by molar-refractivity contribution is 6.41. The van der Waals surface area contributed by atoms with E-state index in [-0.39, 0.29) is 32.3 Å². The van der Waals surface area contributed by atoms with Crippen LogP contribution in [0, 0.1) is 23.7 Å². The zero-order chi connectivity index (χ0) is 48.4. The Bertz CT molecular complexity index is 2520. The normalized spacial score (nSPS) is 29.3. The maximum absolute atomic E-state index is 7.03. The van der Waals surface area contributed by atoms with Crippen molar-refractivity contribution in [2.75, 3.05) is 10.7 Å². The number of nitrogens with zero attached hydrogens (tertiary/aromatic N) is 4. The van der Waals surface area contributed by atoms with Crippen molar-refractivity contribution in [3.63, 3.8) is 0 Å². The molecule has 8 aliphatic carbocycles. The summed E-state index contributed by atoms with van der Waals surface area (Å²) in [6.45, 7) is 0. The van der Waals surface area contributed by atoms with E-state index in [1.165, 1.54) is 35.1 Å². The van der Waals surface area contributed by atoms with Gasteiger partial charge >= 0.3 is 0 Å². The van der Waals surface area contributed by atoms with Gasteiger partial charge in [0, 0.05) is 24.3 Å². The van der Waals surface area contributed by atoms with Gasteiger partial charge in [0.05, 0.1) is 30.8 Å². The molecule has 6 aromatic rings. The summed E-state index contributed by atoms with van der Waals surface area (Å²) in [5.41, 5.74) is 5.07. The highest BCUT2D eigenvalue weighted by Crippen LogP contribution is 2.68. The molecule has 0 saturated heterocycles. The standard InChI is InChI=1S/C52H44Cl4N4O4.2CH2Cl2/c53-37-15-33-1-5-41(37)61-45-9-10-46(58-57-45)62-43-7-3-35(17-39(43)55)51-23-31-14-32(24-51)26-52(25-31,28-51)36-4-8-44(40(56)18-36)64-48-12-11-47(59-60-48)63-42-6-2-34(16-38(42)54)50-21-29-13-30(22-50)20-49(33,19-29)27-50;2*2-1-3/h1-12,15-18,29-32H,13-14,19-28H2;2*1H2. The quantitative estimate of drug-likeness (QED) is 0.139. The molecule has 364 valence electrons. The van der Waals surface area contributed by atoms with Gasteiger partial charge in [0.15, 0.2) is 0 Å². The van der Waals surface area contributed by atoms with E-state index in [1.54, 1.807) is 24.3 Å². The van der Waals surface area contributed by atoms with Crippen LogP contribution in [0.4, 0.5) is 0 Å². The van der Waals surface area contributed by atoms with Gasteiger partial charge in [0.1, 0.15) is 23.0 Å². The fourth-order valence-electron chi connectivity index (χ4n) is 14.8. The summed E-state index contributed by atoms with van der Waals surface area (Å²) in [6, 6.07) is 32.1. The minimum absolute atomic E-state index is 0.00617. The molecule has 30 rings (SSSR count). The molecule has 70 heavy (non-hydrogen) atoms. The van der Waals surface area contributed by atoms with Gasteiger partial charge in [-0.2, -0.15) is 0 Å². The molecule has 0 unspecified atom stereocenters. The van der Waals surface area contributed by atoms with Gasteiger partial charge in [-0.3, -0.25) is 0 Å². The molecule has 4 spiro atoms. The molecule has 16 heteroatoms. The molecule has 24 aliphatic rings. The van der Waals surface area contributed by atoms with Crippen molar-refractivity contribution in [2.24, 2.45) is 23.7 Å². The van der Waals surface area contributed by atoms with Gasteiger partial charge in [0.25, 0.3) is 0 Å². The van der Waals surface area contributed by atoms with Gasteiger partial charge in [-0.15, -0.1) is 66.8 Å². The van der Waals surface area contributed by atoms with Crippen molar-refractivity contribution in [3.8, 4) is 46.5 Å². The molecule has 4 aromatic carbocycles. The number of alkyl halides is 4. The number of rotatable bonds is 0. The van der Waals surface area contributed by atoms with Gasteiger partial charge in [-0.05, 0) is 193 Å². The predicted octanol–water partition coefficient (Wildman–Crippen LogP) is 17.8. The van der Waals surface area contributed by atoms with Crippen LogP contribution in [-0.4, -0.2) is 31.1 Å². The highest BCUT2D eigenvalue weighted by atomic mass is 35.5. The van der Waals surface area contributed by atoms with Crippen LogP contribution in [0.15, 0.2) is 97.1 Å². The lowest BCUT2D eigenvalue weighted by molar-refractivity contribution is -0.0283. The van der Waals surface area contributed by atoms with E-state index in [4.69, 9.17) is 112 Å². The smallest absolute Gasteiger partial charge is 0.239 e. The summed E-state index contributed by atoms with van der Waals surface area (Å²) in [5, 5.41) is 20.0. The number of benzene rings is 4. The maximum atomic E-state index is 7.03. The second kappa shape index (κ2) is 19.4. The Balaban J connectivity index is 0.000000848. The van der Waals surface area contributed by atoms with E-state index >= 15 is 0 Å². The van der Waals surface area contributed by atoms with Gasteiger partial charge in [-0.1, -0.05) is 70.7 Å². The molecule has 8 saturated carbocycles. The fourth-order valence-corrected chi connectivity index (χ4v) is 15.7. The summed E-state index contributed by atoms with van der Waals surface area (Å²) in [5.74, 6) is 5.91. The third kappa shape index (κ3) is 9.18. The average Bonchev–Trinajstić information content (AvgIpc) is 3.32. The molecule has 0 N–H and O–H groups in total. The van der Waals surface area contributed by atoms with Crippen molar-refractivity contribution in [2.45, 2.75) is 98.7 Å². The minimum Gasteiger partial charge on any atom is -0.436 e. The van der Waals surface area contributed by atoms with E-state index in [0.717, 1.165) is 64.2 Å². The first kappa shape index (κ1) is 48.8. The van der Waals surface area contributed by atoms with E-state index in [2.05, 4.69) is 68.9 Å². The van der Waals surface area contributed by atoms with Crippen molar-refractivity contribution < 1.29 is 18.9 Å². The first-order valence-corrected chi connectivity index (χ1v) is 27.3. The van der Waals surface area contributed by atoms with Crippen molar-refractivity contribution in [1.82, 2.24) is 20.4 Å². The van der Waals surface area contributed by atoms with Crippen LogP contribution in [0.1, 0.15) is 99.3 Å². The molecule has 18 heterocycles. The minimum atomic E-state index is 0.00617. The number of aromatic nitrogens is 4. The van der Waals surface area contributed by atoms with E-state index in [0.29, 0.717) is 90.3 Å². The topological polar surface area (TPSA) is 88.5 Å². The Kier molecular flexibility index (Phi) is 13.6. The van der Waals surface area contributed by atoms with Crippen LogP contribution in [0.25, 0.3) is 0 Å². The summed E-state index contributed by atoms with van der Waals surface area (Å²) < 4.78 is 24.9. The number of ether oxygens (including phenoxy) is 4. The van der Waals surface area contributed by atoms with Gasteiger partial charge < -0.3 is 18.9 Å². The molecule has 16 aliphatic heterocycles. The molecule has 8 nitrogen and oxygen atoms in total. The first-order valence-electron chi connectivity index (χ1n) is 23.7. The molecule has 8 fully saturated rings. The number of hydrogen-bond donors (Lipinski definition) is 0. The van der Waals surface area contributed by atoms with Crippen LogP contribution >= 0.6 is 92.8 Å². The Labute approximate surface area is 447 Å². The van der Waals surface area contributed by atoms with Crippen LogP contribution < -0.4 is 18.9 Å². The lowest BCUT2D eigenvalue weighted by Crippen LogP contribution is -2.55. The maximum Gasteiger partial charge on any atom is 0.239 e. The summed E-state index contributed by atoms with van der Waals surface area (Å²) in [7, 11) is 0. The monoisotopic (exact) mass is 1100 g/mol. The first-order chi connectivity index (χ1) is 33.8. The molecule has 0 atom stereocenters. The van der Waals surface area contributed by atoms with Crippen LogP contribution in [0.2, 0.25) is 20.1 Å². The Morgan fingerprint density at radius 3 is 0.757 bits per heavy atom. The van der Waals surface area contributed by atoms with Crippen molar-refractivity contribution in [3.05, 3.63) is 139 Å². The summed E-state index contributed by atoms with van der Waals surface area (Å²) >= 11 is 47.2. The van der Waals surface area contributed by atoms with Crippen LogP contribution in [0.3, 0.4) is 0 Å². The molecule has 0 amide bonds. The third-order valence-electron chi connectivity index (χ3n) is 16.4. The zero-order valence-electron chi connectivity index (χ0n) is 37.9. The third-order valence-corrected chi connectivity index (χ3v) is 17.6. The van der Waals surface area contributed by atoms with E-state index in [9.17, 15) is 0 Å². The van der Waals surface area contributed by atoms with Gasteiger partial charge in [-0.25, -0.2) is 0 Å². The molecular formula is C54H48Cl8N4O4. The second-order valence-corrected chi connectivity index (χ2v) is 23.9. The lowest BCUT2D eigenvalue weighted by Gasteiger charge is -2.63. The molecule has 0 radical (unpaired) electrons. The largest absolute Gasteiger partial charge is 0.436 e. The molecule has 20 bridgehead atoms. The Morgan fingerprint density at radius 2 is 0.571 bits per heavy atom. The molecule has 2 aromatic heterocycles. The predicted molar refractivity (Wildman–Crippen MR) is 279 cm³/mol. The highest BCUT2D eigenvalue weighted by Gasteiger charge is 2.60. The SMILES string of the molecule is ClCCl.ClCCl.Clc1cc2ccc1Oc1ccc(nn1)Oc1ccc(cc1Cl)C13CC4CC(C1)CC(C4)(C3)c1ccc(c(Cl)c1)Oc1ccc(nn1)Oc1ccc(cc1Cl)C13CC4CC(CC2(C4)C1)C3. The number of hydrogen-bond acceptors (Lipinski definition) is 8. The average molecular weight is 1100 g/mol. The van der Waals surface area contributed by atoms with E-state index < -0.39 is 0 Å². The van der Waals surface area contributed by atoms with Gasteiger partial charge in [0.2, 0.25) is 23.5 Å². The summed E-state index contributed by atoms with van der Waals surface area (Å²) in [6.07, 6.45) is 13.8. The van der Waals surface area contributed by atoms with Crippen LogP contribution in [-0.2, 0) is 21.7 Å². The van der Waals surface area contributed by atoms with Crippen molar-refractivity contribution >= 4 is 92.8 Å². The fraction of sp³-hybridized carbons (Fsp3) is 0.407.